The fourth-order valence-corrected chi connectivity index (χ4v) is 4.39. The first-order chi connectivity index (χ1) is 14.8. The quantitative estimate of drug-likeness (QED) is 0.691. The first-order valence-electron chi connectivity index (χ1n) is 11.2. The molecule has 5 heteroatoms. The number of nitrogens with zero attached hydrogens (tertiary/aromatic N) is 1. The molecule has 1 saturated carbocycles. The molecule has 0 bridgehead atoms. The summed E-state index contributed by atoms with van der Waals surface area (Å²) in [6.45, 7) is 6.07. The van der Waals surface area contributed by atoms with Crippen LogP contribution in [0.25, 0.3) is 0 Å². The average Bonchev–Trinajstić information content (AvgIpc) is 2.72. The number of carbonyl (C=O) groups is 2. The Balaban J connectivity index is 1.77. The highest BCUT2D eigenvalue weighted by Gasteiger charge is 2.28. The largest absolute Gasteiger partial charge is 0.352 e. The SMILES string of the molecule is Cc1cc(C)cc(CC(=O)N(Cc2ccc(F)cc2)C(C)C(=O)NC2CCCCC2)c1. The Morgan fingerprint density at radius 3 is 2.23 bits per heavy atom. The molecule has 0 heterocycles. The van der Waals surface area contributed by atoms with Gasteiger partial charge in [0.15, 0.2) is 0 Å². The van der Waals surface area contributed by atoms with Crippen molar-refractivity contribution >= 4 is 11.8 Å². The first kappa shape index (κ1) is 23.0. The van der Waals surface area contributed by atoms with E-state index in [0.29, 0.717) is 0 Å². The molecule has 0 aliphatic heterocycles. The molecule has 0 radical (unpaired) electrons. The van der Waals surface area contributed by atoms with E-state index >= 15 is 0 Å². The van der Waals surface area contributed by atoms with Crippen LogP contribution < -0.4 is 5.32 Å². The van der Waals surface area contributed by atoms with Gasteiger partial charge in [0.05, 0.1) is 6.42 Å². The molecule has 166 valence electrons. The first-order valence-corrected chi connectivity index (χ1v) is 11.2. The lowest BCUT2D eigenvalue weighted by Crippen LogP contribution is -2.50. The highest BCUT2D eigenvalue weighted by atomic mass is 19.1. The van der Waals surface area contributed by atoms with E-state index in [1.54, 1.807) is 24.0 Å². The second kappa shape index (κ2) is 10.6. The summed E-state index contributed by atoms with van der Waals surface area (Å²) in [6.07, 6.45) is 5.69. The topological polar surface area (TPSA) is 49.4 Å². The lowest BCUT2D eigenvalue weighted by molar-refractivity contribution is -0.140. The number of benzene rings is 2. The van der Waals surface area contributed by atoms with Crippen molar-refractivity contribution < 1.29 is 14.0 Å². The van der Waals surface area contributed by atoms with Crippen LogP contribution in [0.1, 0.15) is 61.3 Å². The summed E-state index contributed by atoms with van der Waals surface area (Å²) in [7, 11) is 0. The third-order valence-electron chi connectivity index (χ3n) is 6.02. The molecule has 4 nitrogen and oxygen atoms in total. The van der Waals surface area contributed by atoms with Gasteiger partial charge in [0.25, 0.3) is 0 Å². The molecule has 1 atom stereocenters. The average molecular weight is 425 g/mol. The molecule has 0 aromatic heterocycles. The maximum absolute atomic E-state index is 13.3. The molecule has 0 saturated heterocycles. The number of hydrogen-bond acceptors (Lipinski definition) is 2. The minimum absolute atomic E-state index is 0.111. The predicted octanol–water partition coefficient (Wildman–Crippen LogP) is 4.85. The zero-order valence-electron chi connectivity index (χ0n) is 18.8. The molecule has 1 aliphatic rings. The summed E-state index contributed by atoms with van der Waals surface area (Å²) in [4.78, 5) is 27.9. The molecule has 3 rings (SSSR count). The number of hydrogen-bond donors (Lipinski definition) is 1. The summed E-state index contributed by atoms with van der Waals surface area (Å²) >= 11 is 0. The Morgan fingerprint density at radius 2 is 1.61 bits per heavy atom. The molecule has 2 aromatic carbocycles. The lowest BCUT2D eigenvalue weighted by Gasteiger charge is -2.31. The smallest absolute Gasteiger partial charge is 0.242 e. The number of aryl methyl sites for hydroxylation is 2. The maximum Gasteiger partial charge on any atom is 0.242 e. The van der Waals surface area contributed by atoms with Gasteiger partial charge < -0.3 is 10.2 Å². The van der Waals surface area contributed by atoms with Gasteiger partial charge in [0.2, 0.25) is 11.8 Å². The molecular weight excluding hydrogens is 391 g/mol. The van der Waals surface area contributed by atoms with Crippen molar-refractivity contribution in [3.63, 3.8) is 0 Å². The number of rotatable bonds is 7. The number of amides is 2. The van der Waals surface area contributed by atoms with Gasteiger partial charge >= 0.3 is 0 Å². The van der Waals surface area contributed by atoms with E-state index in [-0.39, 0.29) is 36.6 Å². The van der Waals surface area contributed by atoms with E-state index in [0.717, 1.165) is 47.9 Å². The minimum Gasteiger partial charge on any atom is -0.352 e. The van der Waals surface area contributed by atoms with Crippen LogP contribution in [0.4, 0.5) is 4.39 Å². The Hall–Kier alpha value is -2.69. The third kappa shape index (κ3) is 6.65. The highest BCUT2D eigenvalue weighted by molar-refractivity contribution is 5.88. The fraction of sp³-hybridized carbons (Fsp3) is 0.462. The molecule has 0 spiro atoms. The van der Waals surface area contributed by atoms with Crippen molar-refractivity contribution in [3.8, 4) is 0 Å². The van der Waals surface area contributed by atoms with E-state index in [1.165, 1.54) is 18.6 Å². The Bertz CT molecular complexity index is 884. The van der Waals surface area contributed by atoms with Crippen LogP contribution in [0, 0.1) is 19.7 Å². The van der Waals surface area contributed by atoms with Crippen molar-refractivity contribution in [1.82, 2.24) is 10.2 Å². The van der Waals surface area contributed by atoms with Gasteiger partial charge in [-0.25, -0.2) is 4.39 Å². The zero-order chi connectivity index (χ0) is 22.4. The highest BCUT2D eigenvalue weighted by Crippen LogP contribution is 2.19. The van der Waals surface area contributed by atoms with Crippen LogP contribution in [0.15, 0.2) is 42.5 Å². The predicted molar refractivity (Wildman–Crippen MR) is 121 cm³/mol. The molecule has 31 heavy (non-hydrogen) atoms. The molecule has 1 fully saturated rings. The van der Waals surface area contributed by atoms with Crippen LogP contribution in [0.3, 0.4) is 0 Å². The molecule has 1 N–H and O–H groups in total. The van der Waals surface area contributed by atoms with Gasteiger partial charge in [0, 0.05) is 12.6 Å². The van der Waals surface area contributed by atoms with E-state index < -0.39 is 6.04 Å². The van der Waals surface area contributed by atoms with Crippen LogP contribution in [0.5, 0.6) is 0 Å². The van der Waals surface area contributed by atoms with Crippen molar-refractivity contribution in [2.24, 2.45) is 0 Å². The monoisotopic (exact) mass is 424 g/mol. The van der Waals surface area contributed by atoms with Gasteiger partial charge in [0.1, 0.15) is 11.9 Å². The summed E-state index contributed by atoms with van der Waals surface area (Å²) in [5.41, 5.74) is 3.95. The van der Waals surface area contributed by atoms with Gasteiger partial charge in [-0.15, -0.1) is 0 Å². The molecule has 1 aliphatic carbocycles. The summed E-state index contributed by atoms with van der Waals surface area (Å²) < 4.78 is 13.3. The minimum atomic E-state index is -0.606. The van der Waals surface area contributed by atoms with Crippen molar-refractivity contribution in [2.45, 2.75) is 77.9 Å². The standard InChI is InChI=1S/C26H33FN2O2/c1-18-13-19(2)15-22(14-18)16-25(30)29(17-21-9-11-23(27)12-10-21)20(3)26(31)28-24-7-5-4-6-8-24/h9-15,20,24H,4-8,16-17H2,1-3H3,(H,28,31). The Morgan fingerprint density at radius 1 is 1.00 bits per heavy atom. The fourth-order valence-electron chi connectivity index (χ4n) is 4.39. The number of carbonyl (C=O) groups excluding carboxylic acids is 2. The maximum atomic E-state index is 13.3. The summed E-state index contributed by atoms with van der Waals surface area (Å²) in [5, 5.41) is 3.14. The Labute approximate surface area is 184 Å². The summed E-state index contributed by atoms with van der Waals surface area (Å²) in [5.74, 6) is -0.552. The lowest BCUT2D eigenvalue weighted by atomic mass is 9.95. The van der Waals surface area contributed by atoms with Crippen LogP contribution in [0.2, 0.25) is 0 Å². The molecule has 1 unspecified atom stereocenters. The zero-order valence-corrected chi connectivity index (χ0v) is 18.8. The Kier molecular flexibility index (Phi) is 7.83. The van der Waals surface area contributed by atoms with E-state index in [1.807, 2.05) is 26.0 Å². The van der Waals surface area contributed by atoms with E-state index in [2.05, 4.69) is 11.4 Å². The van der Waals surface area contributed by atoms with Gasteiger partial charge in [-0.2, -0.15) is 0 Å². The number of nitrogens with one attached hydrogen (secondary N) is 1. The van der Waals surface area contributed by atoms with Gasteiger partial charge in [-0.05, 0) is 56.9 Å². The van der Waals surface area contributed by atoms with Crippen LogP contribution in [-0.4, -0.2) is 28.8 Å². The van der Waals surface area contributed by atoms with Gasteiger partial charge in [-0.1, -0.05) is 60.7 Å². The van der Waals surface area contributed by atoms with Gasteiger partial charge in [-0.3, -0.25) is 9.59 Å². The third-order valence-corrected chi connectivity index (χ3v) is 6.02. The van der Waals surface area contributed by atoms with Crippen LogP contribution in [-0.2, 0) is 22.6 Å². The van der Waals surface area contributed by atoms with E-state index in [9.17, 15) is 14.0 Å². The second-order valence-corrected chi connectivity index (χ2v) is 8.84. The molecular formula is C26H33FN2O2. The van der Waals surface area contributed by atoms with E-state index in [4.69, 9.17) is 0 Å². The van der Waals surface area contributed by atoms with Crippen molar-refractivity contribution in [3.05, 3.63) is 70.5 Å². The summed E-state index contributed by atoms with van der Waals surface area (Å²) in [6, 6.07) is 11.8. The normalized spacial score (nSPS) is 15.4. The van der Waals surface area contributed by atoms with Crippen molar-refractivity contribution in [1.29, 1.82) is 0 Å². The molecule has 2 amide bonds. The molecule has 2 aromatic rings. The van der Waals surface area contributed by atoms with Crippen LogP contribution >= 0.6 is 0 Å². The van der Waals surface area contributed by atoms with Crippen molar-refractivity contribution in [2.75, 3.05) is 0 Å². The number of halogens is 1. The second-order valence-electron chi connectivity index (χ2n) is 8.84.